The predicted molar refractivity (Wildman–Crippen MR) is 126 cm³/mol. The Morgan fingerprint density at radius 2 is 1.61 bits per heavy atom. The molecule has 1 aliphatic rings. The molecule has 0 aromatic carbocycles. The van der Waals surface area contributed by atoms with Crippen LogP contribution < -0.4 is 26.8 Å². The highest BCUT2D eigenvalue weighted by Gasteiger charge is 2.64. The summed E-state index contributed by atoms with van der Waals surface area (Å²) < 4.78 is 0. The molecule has 5 N–H and O–H groups in total. The van der Waals surface area contributed by atoms with Crippen molar-refractivity contribution in [3.05, 3.63) is 84.6 Å². The summed E-state index contributed by atoms with van der Waals surface area (Å²) in [6.07, 6.45) is 4.99. The lowest BCUT2D eigenvalue weighted by Gasteiger charge is -2.45. The predicted octanol–water partition coefficient (Wildman–Crippen LogP) is 1.33. The van der Waals surface area contributed by atoms with Crippen LogP contribution >= 0.6 is 11.8 Å². The topological polar surface area (TPSA) is 138 Å². The molecule has 11 heteroatoms. The van der Waals surface area contributed by atoms with E-state index in [0.717, 1.165) is 0 Å². The second-order valence-electron chi connectivity index (χ2n) is 7.20. The van der Waals surface area contributed by atoms with Crippen LogP contribution in [0.1, 0.15) is 18.3 Å². The molecule has 3 aromatic heterocycles. The fourth-order valence-corrected chi connectivity index (χ4v) is 5.52. The quantitative estimate of drug-likeness (QED) is 0.244. The van der Waals surface area contributed by atoms with Crippen molar-refractivity contribution in [2.75, 3.05) is 17.2 Å². The second-order valence-corrected chi connectivity index (χ2v) is 8.37. The van der Waals surface area contributed by atoms with Crippen LogP contribution in [0.4, 0.5) is 10.6 Å². The van der Waals surface area contributed by atoms with Gasteiger partial charge >= 0.3 is 6.03 Å². The first-order valence-electron chi connectivity index (χ1n) is 10.3. The summed E-state index contributed by atoms with van der Waals surface area (Å²) in [4.78, 5) is 40.1. The van der Waals surface area contributed by atoms with Gasteiger partial charge in [-0.05, 0) is 43.3 Å². The fourth-order valence-electron chi connectivity index (χ4n) is 3.94. The van der Waals surface area contributed by atoms with E-state index in [4.69, 9.17) is 5.84 Å². The van der Waals surface area contributed by atoms with E-state index in [1.165, 1.54) is 11.8 Å². The number of nitrogens with zero attached hydrogens (tertiary/aromatic N) is 4. The third-order valence-electron chi connectivity index (χ3n) is 5.30. The molecule has 0 bridgehead atoms. The van der Waals surface area contributed by atoms with Gasteiger partial charge in [0.05, 0.1) is 11.4 Å². The molecule has 4 rings (SSSR count). The molecule has 4 heterocycles. The van der Waals surface area contributed by atoms with Crippen LogP contribution in [-0.4, -0.2) is 44.2 Å². The first kappa shape index (κ1) is 22.5. The summed E-state index contributed by atoms with van der Waals surface area (Å²) in [5.74, 6) is 5.79. The third kappa shape index (κ3) is 3.85. The van der Waals surface area contributed by atoms with Crippen molar-refractivity contribution >= 4 is 29.5 Å². The van der Waals surface area contributed by atoms with Gasteiger partial charge in [-0.1, -0.05) is 30.0 Å². The van der Waals surface area contributed by atoms with E-state index in [2.05, 4.69) is 31.0 Å². The Hall–Kier alpha value is -3.70. The van der Waals surface area contributed by atoms with E-state index in [1.807, 2.05) is 42.5 Å². The summed E-state index contributed by atoms with van der Waals surface area (Å²) in [6.45, 7) is 2.17. The molecule has 33 heavy (non-hydrogen) atoms. The molecule has 3 aromatic rings. The monoisotopic (exact) mass is 464 g/mol. The third-order valence-corrected chi connectivity index (χ3v) is 6.75. The molecule has 0 aliphatic carbocycles. The molecule has 10 nitrogen and oxygen atoms in total. The second kappa shape index (κ2) is 9.43. The molecule has 1 saturated heterocycles. The zero-order chi connectivity index (χ0) is 23.3. The smallest absolute Gasteiger partial charge is 0.317 e. The highest BCUT2D eigenvalue weighted by Crippen LogP contribution is 2.53. The number of urea groups is 1. The molecule has 1 aliphatic heterocycles. The molecule has 0 saturated carbocycles. The number of hydrogen-bond acceptors (Lipinski definition) is 8. The van der Waals surface area contributed by atoms with Gasteiger partial charge in [0.1, 0.15) is 11.4 Å². The Balaban J connectivity index is 2.02. The molecule has 1 fully saturated rings. The summed E-state index contributed by atoms with van der Waals surface area (Å²) in [6, 6.07) is 15.9. The lowest BCUT2D eigenvalue weighted by atomic mass is 9.88. The number of hydrogen-bond donors (Lipinski definition) is 4. The Bertz CT molecular complexity index is 1060. The van der Waals surface area contributed by atoms with Crippen molar-refractivity contribution in [1.29, 1.82) is 0 Å². The van der Waals surface area contributed by atoms with Gasteiger partial charge < -0.3 is 5.32 Å². The number of thioether (sulfide) groups is 1. The highest BCUT2D eigenvalue weighted by molar-refractivity contribution is 8.01. The number of pyridine rings is 3. The number of amides is 3. The maximum atomic E-state index is 13.4. The molecule has 3 amide bonds. The molecule has 0 spiro atoms. The Labute approximate surface area is 195 Å². The first-order valence-corrected chi connectivity index (χ1v) is 11.3. The highest BCUT2D eigenvalue weighted by atomic mass is 32.2. The van der Waals surface area contributed by atoms with Gasteiger partial charge in [0, 0.05) is 30.9 Å². The van der Waals surface area contributed by atoms with Crippen LogP contribution in [0.5, 0.6) is 0 Å². The number of carbonyl (C=O) groups excluding carboxylic acids is 2. The van der Waals surface area contributed by atoms with Crippen LogP contribution in [-0.2, 0) is 10.3 Å². The van der Waals surface area contributed by atoms with Crippen molar-refractivity contribution in [2.24, 2.45) is 5.84 Å². The van der Waals surface area contributed by atoms with Gasteiger partial charge in [-0.15, -0.1) is 0 Å². The maximum absolute atomic E-state index is 13.4. The minimum absolute atomic E-state index is 0.331. The Morgan fingerprint density at radius 1 is 1.00 bits per heavy atom. The average molecular weight is 465 g/mol. The fraction of sp³-hybridized carbons (Fsp3) is 0.227. The number of carbonyl (C=O) groups is 2. The molecule has 1 atom stereocenters. The Morgan fingerprint density at radius 3 is 2.09 bits per heavy atom. The zero-order valence-electron chi connectivity index (χ0n) is 17.9. The van der Waals surface area contributed by atoms with Gasteiger partial charge in [0.2, 0.25) is 4.99 Å². The van der Waals surface area contributed by atoms with E-state index in [0.29, 0.717) is 29.5 Å². The van der Waals surface area contributed by atoms with Crippen molar-refractivity contribution in [2.45, 2.75) is 17.5 Å². The van der Waals surface area contributed by atoms with E-state index in [9.17, 15) is 9.59 Å². The Kier molecular flexibility index (Phi) is 6.43. The summed E-state index contributed by atoms with van der Waals surface area (Å²) in [5.41, 5.74) is 2.46. The number of hydrazine groups is 1. The van der Waals surface area contributed by atoms with Gasteiger partial charge in [0.15, 0.2) is 0 Å². The van der Waals surface area contributed by atoms with Crippen molar-refractivity contribution in [3.8, 4) is 0 Å². The molecule has 1 unspecified atom stereocenters. The lowest BCUT2D eigenvalue weighted by Crippen LogP contribution is -2.70. The van der Waals surface area contributed by atoms with Crippen LogP contribution in [0, 0.1) is 0 Å². The normalized spacial score (nSPS) is 19.0. The zero-order valence-corrected chi connectivity index (χ0v) is 18.7. The number of rotatable bonds is 6. The van der Waals surface area contributed by atoms with E-state index in [-0.39, 0.29) is 0 Å². The number of nitrogens with one attached hydrogen (secondary N) is 3. The summed E-state index contributed by atoms with van der Waals surface area (Å²) in [5, 5.41) is 5.53. The first-order chi connectivity index (χ1) is 16.1. The van der Waals surface area contributed by atoms with Crippen molar-refractivity contribution < 1.29 is 9.59 Å². The van der Waals surface area contributed by atoms with E-state index in [1.54, 1.807) is 42.5 Å². The summed E-state index contributed by atoms with van der Waals surface area (Å²) in [7, 11) is 0. The SMILES string of the molecule is CCNC(=O)NC1(C(=O)NN)SCC(c2ccccn2)(c2ccccn2)N1c1ccccn1. The number of aromatic nitrogens is 3. The molecular formula is C22H24N8O2S. The van der Waals surface area contributed by atoms with E-state index >= 15 is 0 Å². The van der Waals surface area contributed by atoms with Crippen LogP contribution in [0.2, 0.25) is 0 Å². The van der Waals surface area contributed by atoms with Crippen LogP contribution in [0.3, 0.4) is 0 Å². The van der Waals surface area contributed by atoms with Crippen molar-refractivity contribution in [1.82, 2.24) is 31.0 Å². The minimum Gasteiger partial charge on any atom is -0.338 e. The minimum atomic E-state index is -1.64. The largest absolute Gasteiger partial charge is 0.338 e. The maximum Gasteiger partial charge on any atom is 0.317 e. The average Bonchev–Trinajstić information content (AvgIpc) is 3.22. The standard InChI is InChI=1S/C22H24N8O2S/c1-2-24-20(32)28-22(19(31)29-23)30(18-11-5-8-14-27-18)21(15-33-22,16-9-3-6-12-25-16)17-10-4-7-13-26-17/h3-14H,2,15,23H2,1H3,(H,29,31)(H2,24,28,32). The van der Waals surface area contributed by atoms with Gasteiger partial charge in [0.25, 0.3) is 5.91 Å². The number of anilines is 1. The molecule has 0 radical (unpaired) electrons. The van der Waals surface area contributed by atoms with Gasteiger partial charge in [-0.3, -0.25) is 30.4 Å². The molecule has 170 valence electrons. The summed E-state index contributed by atoms with van der Waals surface area (Å²) >= 11 is 1.22. The lowest BCUT2D eigenvalue weighted by molar-refractivity contribution is -0.124. The van der Waals surface area contributed by atoms with Crippen LogP contribution in [0.25, 0.3) is 0 Å². The number of nitrogens with two attached hydrogens (primary N) is 1. The van der Waals surface area contributed by atoms with Crippen LogP contribution in [0.15, 0.2) is 73.2 Å². The molecular weight excluding hydrogens is 440 g/mol. The van der Waals surface area contributed by atoms with Gasteiger partial charge in [-0.25, -0.2) is 15.6 Å². The van der Waals surface area contributed by atoms with E-state index < -0.39 is 22.5 Å². The van der Waals surface area contributed by atoms with Crippen molar-refractivity contribution in [3.63, 3.8) is 0 Å². The van der Waals surface area contributed by atoms with Gasteiger partial charge in [-0.2, -0.15) is 0 Å².